The summed E-state index contributed by atoms with van der Waals surface area (Å²) >= 11 is 0. The highest BCUT2D eigenvalue weighted by atomic mass is 127. The third-order valence-electron chi connectivity index (χ3n) is 3.07. The molecule has 6 nitrogen and oxygen atoms in total. The molecule has 0 aliphatic heterocycles. The Balaban J connectivity index is 0.00000625. The maximum Gasteiger partial charge on any atom is 0.407 e. The van der Waals surface area contributed by atoms with E-state index < -0.39 is 11.7 Å². The van der Waals surface area contributed by atoms with Crippen LogP contribution in [-0.4, -0.2) is 37.3 Å². The topological polar surface area (TPSA) is 74.8 Å². The number of carbonyl (C=O) groups is 1. The van der Waals surface area contributed by atoms with Crippen LogP contribution in [0.2, 0.25) is 0 Å². The Morgan fingerprint density at radius 3 is 2.42 bits per heavy atom. The second-order valence-corrected chi connectivity index (χ2v) is 6.63. The molecule has 8 heteroatoms. The molecule has 3 N–H and O–H groups in total. The molecule has 0 radical (unpaired) electrons. The summed E-state index contributed by atoms with van der Waals surface area (Å²) in [5.41, 5.74) is 1.02. The quantitative estimate of drug-likeness (QED) is 0.253. The van der Waals surface area contributed by atoms with Crippen LogP contribution in [0.15, 0.2) is 23.2 Å². The molecule has 1 aromatic carbocycles. The summed E-state index contributed by atoms with van der Waals surface area (Å²) in [7, 11) is 0. The molecular formula is C18H30FIN4O2. The van der Waals surface area contributed by atoms with Gasteiger partial charge < -0.3 is 20.7 Å². The molecule has 0 aromatic heterocycles. The molecule has 1 amide bonds. The molecule has 0 saturated heterocycles. The van der Waals surface area contributed by atoms with Crippen LogP contribution in [0.5, 0.6) is 0 Å². The number of benzene rings is 1. The van der Waals surface area contributed by atoms with E-state index in [9.17, 15) is 9.18 Å². The Labute approximate surface area is 172 Å². The minimum Gasteiger partial charge on any atom is -0.444 e. The maximum absolute atomic E-state index is 13.3. The first-order valence-electron chi connectivity index (χ1n) is 8.45. The zero-order chi connectivity index (χ0) is 18.9. The minimum atomic E-state index is -0.513. The van der Waals surface area contributed by atoms with Gasteiger partial charge in [0.2, 0.25) is 0 Å². The lowest BCUT2D eigenvalue weighted by Crippen LogP contribution is -2.42. The van der Waals surface area contributed by atoms with Crippen LogP contribution in [0.25, 0.3) is 0 Å². The molecule has 0 aliphatic carbocycles. The number of aliphatic imine (C=N–C) groups is 1. The van der Waals surface area contributed by atoms with Crippen LogP contribution < -0.4 is 16.0 Å². The molecule has 1 rings (SSSR count). The summed E-state index contributed by atoms with van der Waals surface area (Å²) in [6, 6.07) is 4.96. The van der Waals surface area contributed by atoms with Crippen LogP contribution in [0.3, 0.4) is 0 Å². The fraction of sp³-hybridized carbons (Fsp3) is 0.556. The number of rotatable bonds is 6. The Kier molecular flexibility index (Phi) is 11.2. The number of nitrogens with one attached hydrogen (secondary N) is 3. The van der Waals surface area contributed by atoms with Crippen molar-refractivity contribution in [3.63, 3.8) is 0 Å². The second kappa shape index (κ2) is 11.9. The number of amides is 1. The second-order valence-electron chi connectivity index (χ2n) is 6.63. The summed E-state index contributed by atoms with van der Waals surface area (Å²) in [4.78, 5) is 16.0. The molecule has 1 aromatic rings. The molecule has 0 unspecified atom stereocenters. The molecule has 0 bridgehead atoms. The van der Waals surface area contributed by atoms with Crippen LogP contribution in [-0.2, 0) is 11.3 Å². The van der Waals surface area contributed by atoms with Gasteiger partial charge in [0.15, 0.2) is 5.96 Å². The van der Waals surface area contributed by atoms with Gasteiger partial charge in [0, 0.05) is 19.6 Å². The predicted molar refractivity (Wildman–Crippen MR) is 114 cm³/mol. The van der Waals surface area contributed by atoms with Gasteiger partial charge in [-0.3, -0.25) is 0 Å². The van der Waals surface area contributed by atoms with Gasteiger partial charge in [-0.05, 0) is 51.8 Å². The van der Waals surface area contributed by atoms with E-state index in [-0.39, 0.29) is 29.8 Å². The van der Waals surface area contributed by atoms with Gasteiger partial charge in [0.25, 0.3) is 0 Å². The van der Waals surface area contributed by atoms with Crippen molar-refractivity contribution in [3.8, 4) is 0 Å². The Hall–Kier alpha value is -1.58. The third-order valence-corrected chi connectivity index (χ3v) is 3.07. The Morgan fingerprint density at radius 1 is 1.19 bits per heavy atom. The number of alkyl carbamates (subject to hydrolysis) is 1. The average molecular weight is 480 g/mol. The van der Waals surface area contributed by atoms with Crippen LogP contribution in [0.1, 0.15) is 38.8 Å². The Bertz CT molecular complexity index is 603. The number of nitrogens with zero attached hydrogens (tertiary/aromatic N) is 1. The number of halogens is 2. The first-order valence-corrected chi connectivity index (χ1v) is 8.45. The van der Waals surface area contributed by atoms with Crippen molar-refractivity contribution in [1.29, 1.82) is 0 Å². The number of hydrogen-bond acceptors (Lipinski definition) is 3. The largest absolute Gasteiger partial charge is 0.444 e. The highest BCUT2D eigenvalue weighted by Gasteiger charge is 2.15. The highest BCUT2D eigenvalue weighted by molar-refractivity contribution is 14.0. The third kappa shape index (κ3) is 10.4. The van der Waals surface area contributed by atoms with E-state index in [1.165, 1.54) is 6.07 Å². The lowest BCUT2D eigenvalue weighted by Gasteiger charge is -2.19. The average Bonchev–Trinajstić information content (AvgIpc) is 2.50. The molecular weight excluding hydrogens is 450 g/mol. The molecule has 0 spiro atoms. The van der Waals surface area contributed by atoms with Crippen LogP contribution >= 0.6 is 24.0 Å². The Morgan fingerprint density at radius 2 is 1.85 bits per heavy atom. The van der Waals surface area contributed by atoms with Crippen molar-refractivity contribution in [2.45, 2.75) is 46.8 Å². The van der Waals surface area contributed by atoms with Crippen LogP contribution in [0.4, 0.5) is 9.18 Å². The van der Waals surface area contributed by atoms with Crippen molar-refractivity contribution in [1.82, 2.24) is 16.0 Å². The van der Waals surface area contributed by atoms with Gasteiger partial charge in [-0.25, -0.2) is 14.2 Å². The monoisotopic (exact) mass is 480 g/mol. The molecule has 0 saturated carbocycles. The normalized spacial score (nSPS) is 11.4. The number of guanidine groups is 1. The van der Waals surface area contributed by atoms with Gasteiger partial charge in [0.1, 0.15) is 11.4 Å². The minimum absolute atomic E-state index is 0. The lowest BCUT2D eigenvalue weighted by atomic mass is 10.1. The molecule has 0 fully saturated rings. The summed E-state index contributed by atoms with van der Waals surface area (Å²) in [6.45, 7) is 11.2. The highest BCUT2D eigenvalue weighted by Crippen LogP contribution is 2.10. The number of carbonyl (C=O) groups excluding carboxylic acids is 1. The number of hydrogen-bond donors (Lipinski definition) is 3. The van der Waals surface area contributed by atoms with E-state index in [0.29, 0.717) is 37.7 Å². The smallest absolute Gasteiger partial charge is 0.407 e. The molecule has 148 valence electrons. The lowest BCUT2D eigenvalue weighted by molar-refractivity contribution is 0.0529. The van der Waals surface area contributed by atoms with Crippen LogP contribution in [0, 0.1) is 12.7 Å². The first kappa shape index (κ1) is 24.4. The van der Waals surface area contributed by atoms with Crippen molar-refractivity contribution in [2.24, 2.45) is 4.99 Å². The molecule has 0 atom stereocenters. The fourth-order valence-electron chi connectivity index (χ4n) is 1.98. The van der Waals surface area contributed by atoms with Crippen molar-refractivity contribution in [2.75, 3.05) is 19.6 Å². The summed E-state index contributed by atoms with van der Waals surface area (Å²) < 4.78 is 18.5. The van der Waals surface area contributed by atoms with Gasteiger partial charge in [0.05, 0.1) is 6.54 Å². The standard InChI is InChI=1S/C18H29FN4O2.HI/c1-6-20-16(21-9-10-22-17(24)25-18(3,4)5)23-12-14-7-8-15(19)13(2)11-14;/h7-8,11H,6,9-10,12H2,1-5H3,(H,22,24)(H2,20,21,23);1H. The van der Waals surface area contributed by atoms with Crippen molar-refractivity contribution < 1.29 is 13.9 Å². The zero-order valence-electron chi connectivity index (χ0n) is 16.1. The predicted octanol–water partition coefficient (Wildman–Crippen LogP) is 3.33. The molecule has 0 heterocycles. The SMILES string of the molecule is CCNC(=NCc1ccc(F)c(C)c1)NCCNC(=O)OC(C)(C)C.I. The molecule has 26 heavy (non-hydrogen) atoms. The van der Waals surface area contributed by atoms with E-state index in [1.54, 1.807) is 19.1 Å². The van der Waals surface area contributed by atoms with Gasteiger partial charge in [-0.2, -0.15) is 0 Å². The maximum atomic E-state index is 13.3. The van der Waals surface area contributed by atoms with E-state index in [2.05, 4.69) is 20.9 Å². The van der Waals surface area contributed by atoms with Crippen molar-refractivity contribution >= 4 is 36.0 Å². The van der Waals surface area contributed by atoms with E-state index in [0.717, 1.165) is 5.56 Å². The van der Waals surface area contributed by atoms with E-state index >= 15 is 0 Å². The first-order chi connectivity index (χ1) is 11.7. The number of ether oxygens (including phenoxy) is 1. The summed E-state index contributed by atoms with van der Waals surface area (Å²) in [6.07, 6.45) is -0.446. The fourth-order valence-corrected chi connectivity index (χ4v) is 1.98. The zero-order valence-corrected chi connectivity index (χ0v) is 18.4. The van der Waals surface area contributed by atoms with E-state index in [1.807, 2.05) is 27.7 Å². The van der Waals surface area contributed by atoms with Crippen molar-refractivity contribution in [3.05, 3.63) is 35.1 Å². The number of aryl methyl sites for hydroxylation is 1. The summed E-state index contributed by atoms with van der Waals surface area (Å²) in [5, 5.41) is 8.93. The summed E-state index contributed by atoms with van der Waals surface area (Å²) in [5.74, 6) is 0.418. The van der Waals surface area contributed by atoms with Gasteiger partial charge in [-0.1, -0.05) is 12.1 Å². The van der Waals surface area contributed by atoms with Gasteiger partial charge >= 0.3 is 6.09 Å². The van der Waals surface area contributed by atoms with E-state index in [4.69, 9.17) is 4.74 Å². The molecule has 0 aliphatic rings. The van der Waals surface area contributed by atoms with Gasteiger partial charge in [-0.15, -0.1) is 24.0 Å².